The Morgan fingerprint density at radius 1 is 1.43 bits per heavy atom. The van der Waals surface area contributed by atoms with Gasteiger partial charge < -0.3 is 10.4 Å². The van der Waals surface area contributed by atoms with E-state index in [0.717, 1.165) is 11.1 Å². The molecule has 0 aliphatic rings. The average Bonchev–Trinajstić information content (AvgIpc) is 2.48. The number of pyridine rings is 1. The molecule has 1 heterocycles. The van der Waals surface area contributed by atoms with Crippen LogP contribution in [0.4, 0.5) is 5.82 Å². The van der Waals surface area contributed by atoms with Crippen LogP contribution in [0.3, 0.4) is 0 Å². The van der Waals surface area contributed by atoms with Gasteiger partial charge in [-0.3, -0.25) is 0 Å². The Kier molecular flexibility index (Phi) is 4.52. The lowest BCUT2D eigenvalue weighted by molar-refractivity contribution is 0.0696. The first-order chi connectivity index (χ1) is 10.1. The molecule has 0 unspecified atom stereocenters. The summed E-state index contributed by atoms with van der Waals surface area (Å²) < 4.78 is 0. The number of carboxylic acid groups (broad SMARTS) is 1. The molecule has 0 spiro atoms. The van der Waals surface area contributed by atoms with E-state index in [1.807, 2.05) is 13.0 Å². The fraction of sp³-hybridized carbons (Fsp3) is 0.188. The summed E-state index contributed by atoms with van der Waals surface area (Å²) in [4.78, 5) is 15.1. The third-order valence-electron chi connectivity index (χ3n) is 3.15. The lowest BCUT2D eigenvalue weighted by atomic mass is 10.1. The number of benzene rings is 1. The van der Waals surface area contributed by atoms with Crippen molar-refractivity contribution in [2.24, 2.45) is 0 Å². The van der Waals surface area contributed by atoms with Crippen LogP contribution in [-0.2, 0) is 6.42 Å². The highest BCUT2D eigenvalue weighted by Gasteiger charge is 2.06. The molecule has 0 amide bonds. The van der Waals surface area contributed by atoms with Gasteiger partial charge in [0.1, 0.15) is 11.9 Å². The van der Waals surface area contributed by atoms with E-state index < -0.39 is 5.97 Å². The minimum Gasteiger partial charge on any atom is -0.478 e. The molecule has 2 N–H and O–H groups in total. The number of carbonyl (C=O) groups is 1. The van der Waals surface area contributed by atoms with Crippen molar-refractivity contribution < 1.29 is 9.90 Å². The Bertz CT molecular complexity index is 705. The van der Waals surface area contributed by atoms with Gasteiger partial charge in [0.05, 0.1) is 11.1 Å². The monoisotopic (exact) mass is 281 g/mol. The van der Waals surface area contributed by atoms with Gasteiger partial charge in [0.15, 0.2) is 0 Å². The number of nitrogens with zero attached hydrogens (tertiary/aromatic N) is 2. The third kappa shape index (κ3) is 3.57. The lowest BCUT2D eigenvalue weighted by Gasteiger charge is -2.09. The number of aromatic carboxylic acids is 1. The van der Waals surface area contributed by atoms with E-state index in [1.165, 1.54) is 0 Å². The van der Waals surface area contributed by atoms with Crippen LogP contribution in [0.25, 0.3) is 0 Å². The number of aromatic nitrogens is 1. The minimum atomic E-state index is -0.933. The number of hydrogen-bond acceptors (Lipinski definition) is 4. The van der Waals surface area contributed by atoms with Gasteiger partial charge in [0.25, 0.3) is 0 Å². The van der Waals surface area contributed by atoms with Gasteiger partial charge in [0, 0.05) is 12.7 Å². The van der Waals surface area contributed by atoms with Gasteiger partial charge in [-0.25, -0.2) is 9.78 Å². The first-order valence-corrected chi connectivity index (χ1v) is 6.53. The van der Waals surface area contributed by atoms with E-state index in [9.17, 15) is 4.79 Å². The average molecular weight is 281 g/mol. The summed E-state index contributed by atoms with van der Waals surface area (Å²) in [7, 11) is 0. The first kappa shape index (κ1) is 14.5. The molecule has 0 fully saturated rings. The SMILES string of the molecule is Cc1ccnc(NCCc2cccc(C(=O)O)c2)c1C#N. The molecule has 0 saturated carbocycles. The summed E-state index contributed by atoms with van der Waals surface area (Å²) in [6.07, 6.45) is 2.31. The summed E-state index contributed by atoms with van der Waals surface area (Å²) in [5.41, 5.74) is 2.62. The second-order valence-electron chi connectivity index (χ2n) is 4.65. The number of aryl methyl sites for hydroxylation is 1. The van der Waals surface area contributed by atoms with Gasteiger partial charge in [-0.15, -0.1) is 0 Å². The van der Waals surface area contributed by atoms with E-state index in [0.29, 0.717) is 24.3 Å². The van der Waals surface area contributed by atoms with Gasteiger partial charge in [-0.05, 0) is 42.7 Å². The van der Waals surface area contributed by atoms with Crippen LogP contribution in [0.1, 0.15) is 27.0 Å². The number of carboxylic acids is 1. The van der Waals surface area contributed by atoms with Crippen LogP contribution in [-0.4, -0.2) is 22.6 Å². The van der Waals surface area contributed by atoms with Gasteiger partial charge in [0.2, 0.25) is 0 Å². The molecule has 0 aliphatic heterocycles. The van der Waals surface area contributed by atoms with Crippen molar-refractivity contribution in [3.8, 4) is 6.07 Å². The van der Waals surface area contributed by atoms with Crippen LogP contribution >= 0.6 is 0 Å². The van der Waals surface area contributed by atoms with Gasteiger partial charge >= 0.3 is 5.97 Å². The van der Waals surface area contributed by atoms with Crippen LogP contribution in [0, 0.1) is 18.3 Å². The highest BCUT2D eigenvalue weighted by Crippen LogP contribution is 2.15. The Balaban J connectivity index is 2.02. The Morgan fingerprint density at radius 3 is 2.95 bits per heavy atom. The third-order valence-corrected chi connectivity index (χ3v) is 3.15. The quantitative estimate of drug-likeness (QED) is 0.879. The Hall–Kier alpha value is -2.87. The van der Waals surface area contributed by atoms with Crippen LogP contribution < -0.4 is 5.32 Å². The normalized spacial score (nSPS) is 9.90. The van der Waals surface area contributed by atoms with Crippen molar-refractivity contribution in [3.63, 3.8) is 0 Å². The topological polar surface area (TPSA) is 86.0 Å². The number of nitriles is 1. The number of rotatable bonds is 5. The number of hydrogen-bond donors (Lipinski definition) is 2. The summed E-state index contributed by atoms with van der Waals surface area (Å²) in [5, 5.41) is 21.2. The van der Waals surface area contributed by atoms with Crippen molar-refractivity contribution in [1.29, 1.82) is 5.26 Å². The molecule has 2 aromatic rings. The van der Waals surface area contributed by atoms with E-state index >= 15 is 0 Å². The maximum atomic E-state index is 10.9. The van der Waals surface area contributed by atoms with Crippen LogP contribution in [0.2, 0.25) is 0 Å². The van der Waals surface area contributed by atoms with Crippen molar-refractivity contribution in [2.75, 3.05) is 11.9 Å². The standard InChI is InChI=1S/C16H15N3O2/c1-11-5-7-18-15(14(11)10-17)19-8-6-12-3-2-4-13(9-12)16(20)21/h2-5,7,9H,6,8H2,1H3,(H,18,19)(H,20,21). The van der Waals surface area contributed by atoms with E-state index in [2.05, 4.69) is 16.4 Å². The molecule has 5 heteroatoms. The minimum absolute atomic E-state index is 0.277. The van der Waals surface area contributed by atoms with E-state index in [1.54, 1.807) is 30.5 Å². The Morgan fingerprint density at radius 2 is 2.24 bits per heavy atom. The Labute approximate surface area is 122 Å². The smallest absolute Gasteiger partial charge is 0.335 e. The second-order valence-corrected chi connectivity index (χ2v) is 4.65. The molecule has 0 bridgehead atoms. The predicted molar refractivity (Wildman–Crippen MR) is 79.3 cm³/mol. The molecule has 2 rings (SSSR count). The van der Waals surface area contributed by atoms with Gasteiger partial charge in [-0.1, -0.05) is 12.1 Å². The summed E-state index contributed by atoms with van der Waals surface area (Å²) in [5.74, 6) is -0.371. The molecule has 0 aliphatic carbocycles. The van der Waals surface area contributed by atoms with Crippen LogP contribution in [0.15, 0.2) is 36.5 Å². The largest absolute Gasteiger partial charge is 0.478 e. The van der Waals surface area contributed by atoms with Crippen molar-refractivity contribution in [1.82, 2.24) is 4.98 Å². The molecule has 5 nitrogen and oxygen atoms in total. The number of anilines is 1. The first-order valence-electron chi connectivity index (χ1n) is 6.53. The van der Waals surface area contributed by atoms with Gasteiger partial charge in [-0.2, -0.15) is 5.26 Å². The molecular weight excluding hydrogens is 266 g/mol. The molecular formula is C16H15N3O2. The molecule has 0 atom stereocenters. The van der Waals surface area contributed by atoms with E-state index in [-0.39, 0.29) is 5.56 Å². The molecule has 0 saturated heterocycles. The fourth-order valence-electron chi connectivity index (χ4n) is 2.02. The zero-order valence-corrected chi connectivity index (χ0v) is 11.6. The predicted octanol–water partition coefficient (Wildman–Crippen LogP) is 2.61. The lowest BCUT2D eigenvalue weighted by Crippen LogP contribution is -2.09. The molecule has 106 valence electrons. The van der Waals surface area contributed by atoms with Crippen molar-refractivity contribution in [2.45, 2.75) is 13.3 Å². The second kappa shape index (κ2) is 6.53. The molecule has 1 aromatic heterocycles. The van der Waals surface area contributed by atoms with Crippen molar-refractivity contribution >= 4 is 11.8 Å². The summed E-state index contributed by atoms with van der Waals surface area (Å²) >= 11 is 0. The van der Waals surface area contributed by atoms with E-state index in [4.69, 9.17) is 10.4 Å². The highest BCUT2D eigenvalue weighted by molar-refractivity contribution is 5.87. The number of nitrogens with one attached hydrogen (secondary N) is 1. The zero-order valence-electron chi connectivity index (χ0n) is 11.6. The van der Waals surface area contributed by atoms with Crippen molar-refractivity contribution in [3.05, 3.63) is 58.8 Å². The van der Waals surface area contributed by atoms with Crippen LogP contribution in [0.5, 0.6) is 0 Å². The summed E-state index contributed by atoms with van der Waals surface area (Å²) in [6.45, 7) is 2.44. The fourth-order valence-corrected chi connectivity index (χ4v) is 2.02. The molecule has 1 aromatic carbocycles. The summed E-state index contributed by atoms with van der Waals surface area (Å²) in [6, 6.07) is 10.7. The zero-order chi connectivity index (χ0) is 15.2. The highest BCUT2D eigenvalue weighted by atomic mass is 16.4. The molecule has 21 heavy (non-hydrogen) atoms. The molecule has 0 radical (unpaired) electrons. The maximum Gasteiger partial charge on any atom is 0.335 e. The maximum absolute atomic E-state index is 10.9.